The van der Waals surface area contributed by atoms with E-state index in [1.165, 1.54) is 0 Å². The molecule has 2 amide bonds. The van der Waals surface area contributed by atoms with Gasteiger partial charge in [0.15, 0.2) is 5.69 Å². The van der Waals surface area contributed by atoms with Gasteiger partial charge in [-0.05, 0) is 31.9 Å². The lowest BCUT2D eigenvalue weighted by molar-refractivity contribution is -0.120. The zero-order valence-electron chi connectivity index (χ0n) is 14.3. The van der Waals surface area contributed by atoms with Crippen LogP contribution in [0.5, 0.6) is 0 Å². The molecule has 2 aromatic rings. The first-order valence-corrected chi connectivity index (χ1v) is 8.27. The smallest absolute Gasteiger partial charge is 0.274 e. The number of aryl methyl sites for hydroxylation is 1. The van der Waals surface area contributed by atoms with Crippen molar-refractivity contribution in [3.8, 4) is 0 Å². The van der Waals surface area contributed by atoms with Crippen molar-refractivity contribution >= 4 is 17.5 Å². The van der Waals surface area contributed by atoms with E-state index in [0.717, 1.165) is 12.8 Å². The molecule has 0 unspecified atom stereocenters. The number of hydrogen-bond acceptors (Lipinski definition) is 4. The Labute approximate surface area is 141 Å². The molecular weight excluding hydrogens is 308 g/mol. The van der Waals surface area contributed by atoms with E-state index in [2.05, 4.69) is 15.7 Å². The molecule has 0 aliphatic rings. The summed E-state index contributed by atoms with van der Waals surface area (Å²) in [7, 11) is 0. The molecule has 2 aromatic heterocycles. The summed E-state index contributed by atoms with van der Waals surface area (Å²) in [6, 6.07) is 3.54. The third kappa shape index (κ3) is 4.24. The highest BCUT2D eigenvalue weighted by Gasteiger charge is 2.21. The first-order valence-electron chi connectivity index (χ1n) is 8.27. The molecule has 0 aliphatic heterocycles. The van der Waals surface area contributed by atoms with E-state index in [1.54, 1.807) is 29.3 Å². The molecular formula is C17H24N4O3. The number of aromatic nitrogens is 2. The summed E-state index contributed by atoms with van der Waals surface area (Å²) in [5.41, 5.74) is 0.647. The van der Waals surface area contributed by atoms with E-state index in [0.29, 0.717) is 18.0 Å². The highest BCUT2D eigenvalue weighted by molar-refractivity contribution is 6.02. The van der Waals surface area contributed by atoms with Crippen LogP contribution in [0, 0.1) is 5.92 Å². The Morgan fingerprint density at radius 3 is 2.62 bits per heavy atom. The Kier molecular flexibility index (Phi) is 6.17. The second-order valence-electron chi connectivity index (χ2n) is 5.51. The highest BCUT2D eigenvalue weighted by atomic mass is 16.3. The molecule has 0 atom stereocenters. The van der Waals surface area contributed by atoms with E-state index < -0.39 is 0 Å². The van der Waals surface area contributed by atoms with Gasteiger partial charge in [-0.1, -0.05) is 13.8 Å². The fraction of sp³-hybridized carbons (Fsp3) is 0.471. The first-order chi connectivity index (χ1) is 11.6. The second-order valence-corrected chi connectivity index (χ2v) is 5.51. The normalized spacial score (nSPS) is 10.8. The minimum atomic E-state index is -0.349. The number of hydrogen-bond donors (Lipinski definition) is 2. The Bertz CT molecular complexity index is 672. The summed E-state index contributed by atoms with van der Waals surface area (Å²) in [5.74, 6) is 0.143. The lowest BCUT2D eigenvalue weighted by Gasteiger charge is -2.12. The first kappa shape index (κ1) is 17.8. The van der Waals surface area contributed by atoms with Gasteiger partial charge < -0.3 is 15.1 Å². The van der Waals surface area contributed by atoms with Crippen molar-refractivity contribution in [2.45, 2.75) is 46.7 Å². The van der Waals surface area contributed by atoms with Crippen LogP contribution in [0.3, 0.4) is 0 Å². The maximum Gasteiger partial charge on any atom is 0.274 e. The number of amides is 2. The number of nitrogens with one attached hydrogen (secondary N) is 2. The zero-order valence-corrected chi connectivity index (χ0v) is 14.3. The second kappa shape index (κ2) is 8.33. The van der Waals surface area contributed by atoms with Crippen LogP contribution in [0.4, 0.5) is 5.69 Å². The van der Waals surface area contributed by atoms with E-state index in [4.69, 9.17) is 4.42 Å². The Balaban J connectivity index is 2.11. The fourth-order valence-electron chi connectivity index (χ4n) is 2.40. The number of furan rings is 1. The van der Waals surface area contributed by atoms with Crippen molar-refractivity contribution in [3.63, 3.8) is 0 Å². The largest absolute Gasteiger partial charge is 0.467 e. The van der Waals surface area contributed by atoms with E-state index >= 15 is 0 Å². The van der Waals surface area contributed by atoms with Crippen LogP contribution in [0.1, 0.15) is 49.9 Å². The van der Waals surface area contributed by atoms with Gasteiger partial charge in [-0.2, -0.15) is 5.10 Å². The topological polar surface area (TPSA) is 89.2 Å². The van der Waals surface area contributed by atoms with Gasteiger partial charge in [0.2, 0.25) is 5.91 Å². The summed E-state index contributed by atoms with van der Waals surface area (Å²) in [5, 5.41) is 9.84. The van der Waals surface area contributed by atoms with Gasteiger partial charge in [-0.3, -0.25) is 14.3 Å². The van der Waals surface area contributed by atoms with E-state index in [-0.39, 0.29) is 30.0 Å². The molecule has 0 radical (unpaired) electrons. The van der Waals surface area contributed by atoms with Crippen LogP contribution in [-0.4, -0.2) is 21.6 Å². The molecule has 0 aromatic carbocycles. The summed E-state index contributed by atoms with van der Waals surface area (Å²) in [6.45, 7) is 6.74. The molecule has 2 rings (SSSR count). The summed E-state index contributed by atoms with van der Waals surface area (Å²) in [4.78, 5) is 24.7. The standard InChI is InChI=1S/C17H24N4O3/c1-4-12(5-2)16(22)19-14-11-21(6-3)20-15(14)17(23)18-10-13-8-7-9-24-13/h7-9,11-12H,4-6,10H2,1-3H3,(H,18,23)(H,19,22). The Morgan fingerprint density at radius 2 is 2.04 bits per heavy atom. The molecule has 24 heavy (non-hydrogen) atoms. The quantitative estimate of drug-likeness (QED) is 0.778. The molecule has 7 heteroatoms. The molecule has 7 nitrogen and oxygen atoms in total. The van der Waals surface area contributed by atoms with Gasteiger partial charge in [0, 0.05) is 18.7 Å². The lowest BCUT2D eigenvalue weighted by atomic mass is 10.0. The minimum absolute atomic E-state index is 0.0750. The molecule has 0 saturated heterocycles. The molecule has 0 aliphatic carbocycles. The van der Waals surface area contributed by atoms with Crippen molar-refractivity contribution in [1.29, 1.82) is 0 Å². The van der Waals surface area contributed by atoms with Crippen molar-refractivity contribution < 1.29 is 14.0 Å². The SMILES string of the molecule is CCC(CC)C(=O)Nc1cn(CC)nc1C(=O)NCc1ccco1. The summed E-state index contributed by atoms with van der Waals surface area (Å²) in [6.07, 6.45) is 4.74. The van der Waals surface area contributed by atoms with Gasteiger partial charge >= 0.3 is 0 Å². The maximum atomic E-state index is 12.4. The predicted octanol–water partition coefficient (Wildman–Crippen LogP) is 2.80. The van der Waals surface area contributed by atoms with Gasteiger partial charge in [0.05, 0.1) is 18.5 Å². The fourth-order valence-corrected chi connectivity index (χ4v) is 2.40. The third-order valence-corrected chi connectivity index (χ3v) is 3.92. The van der Waals surface area contributed by atoms with Crippen molar-refractivity contribution in [2.75, 3.05) is 5.32 Å². The molecule has 0 spiro atoms. The Morgan fingerprint density at radius 1 is 1.29 bits per heavy atom. The van der Waals surface area contributed by atoms with Gasteiger partial charge in [0.1, 0.15) is 5.76 Å². The number of anilines is 1. The predicted molar refractivity (Wildman–Crippen MR) is 90.5 cm³/mol. The number of carbonyl (C=O) groups is 2. The van der Waals surface area contributed by atoms with Gasteiger partial charge in [0.25, 0.3) is 5.91 Å². The van der Waals surface area contributed by atoms with Crippen LogP contribution in [-0.2, 0) is 17.9 Å². The van der Waals surface area contributed by atoms with Crippen LogP contribution in [0.15, 0.2) is 29.0 Å². The minimum Gasteiger partial charge on any atom is -0.467 e. The molecule has 2 N–H and O–H groups in total. The third-order valence-electron chi connectivity index (χ3n) is 3.92. The molecule has 0 saturated carbocycles. The molecule has 2 heterocycles. The van der Waals surface area contributed by atoms with Gasteiger partial charge in [-0.15, -0.1) is 0 Å². The highest BCUT2D eigenvalue weighted by Crippen LogP contribution is 2.17. The Hall–Kier alpha value is -2.57. The van der Waals surface area contributed by atoms with E-state index in [9.17, 15) is 9.59 Å². The number of carbonyl (C=O) groups excluding carboxylic acids is 2. The summed E-state index contributed by atoms with van der Waals surface area (Å²) >= 11 is 0. The maximum absolute atomic E-state index is 12.4. The number of rotatable bonds is 8. The van der Waals surface area contributed by atoms with Crippen LogP contribution < -0.4 is 10.6 Å². The van der Waals surface area contributed by atoms with Crippen LogP contribution >= 0.6 is 0 Å². The lowest BCUT2D eigenvalue weighted by Crippen LogP contribution is -2.26. The molecule has 0 bridgehead atoms. The average Bonchev–Trinajstić information content (AvgIpc) is 3.23. The molecule has 130 valence electrons. The number of nitrogens with zero attached hydrogens (tertiary/aromatic N) is 2. The molecule has 0 fully saturated rings. The summed E-state index contributed by atoms with van der Waals surface area (Å²) < 4.78 is 6.82. The van der Waals surface area contributed by atoms with Gasteiger partial charge in [-0.25, -0.2) is 0 Å². The van der Waals surface area contributed by atoms with Crippen molar-refractivity contribution in [3.05, 3.63) is 36.0 Å². The van der Waals surface area contributed by atoms with Crippen molar-refractivity contribution in [1.82, 2.24) is 15.1 Å². The van der Waals surface area contributed by atoms with Crippen LogP contribution in [0.2, 0.25) is 0 Å². The average molecular weight is 332 g/mol. The zero-order chi connectivity index (χ0) is 17.5. The van der Waals surface area contributed by atoms with Crippen molar-refractivity contribution in [2.24, 2.45) is 5.92 Å². The van der Waals surface area contributed by atoms with E-state index in [1.807, 2.05) is 20.8 Å². The monoisotopic (exact) mass is 332 g/mol. The van der Waals surface area contributed by atoms with Crippen LogP contribution in [0.25, 0.3) is 0 Å².